The number of hydrogen-bond acceptors (Lipinski definition) is 2. The summed E-state index contributed by atoms with van der Waals surface area (Å²) < 4.78 is 2.09. The molecule has 3 rings (SSSR count). The van der Waals surface area contributed by atoms with E-state index in [1.54, 1.807) is 11.1 Å². The lowest BCUT2D eigenvalue weighted by atomic mass is 10.0. The van der Waals surface area contributed by atoms with Gasteiger partial charge in [0.1, 0.15) is 5.82 Å². The van der Waals surface area contributed by atoms with Crippen LogP contribution in [0.2, 0.25) is 0 Å². The lowest BCUT2D eigenvalue weighted by Gasteiger charge is -2.15. The van der Waals surface area contributed by atoms with Crippen molar-refractivity contribution in [2.75, 3.05) is 6.54 Å². The fourth-order valence-electron chi connectivity index (χ4n) is 3.02. The normalized spacial score (nSPS) is 15.3. The standard InChI is InChI=1S/C17H23N3/c1-13(18-9-8-17-19-10-11-20(17)2)15-7-6-14-4-3-5-16(14)12-15/h6-7,10-13,18H,3-5,8-9H2,1-2H3. The highest BCUT2D eigenvalue weighted by Gasteiger charge is 2.13. The Bertz CT molecular complexity index is 586. The molecule has 1 heterocycles. The zero-order valence-corrected chi connectivity index (χ0v) is 12.4. The monoisotopic (exact) mass is 269 g/mol. The van der Waals surface area contributed by atoms with E-state index in [1.165, 1.54) is 24.8 Å². The molecule has 0 fully saturated rings. The average Bonchev–Trinajstić information content (AvgIpc) is 3.07. The molecule has 0 saturated carbocycles. The van der Waals surface area contributed by atoms with Gasteiger partial charge in [0.2, 0.25) is 0 Å². The highest BCUT2D eigenvalue weighted by molar-refractivity contribution is 5.36. The largest absolute Gasteiger partial charge is 0.338 e. The van der Waals surface area contributed by atoms with Gasteiger partial charge in [-0.1, -0.05) is 18.2 Å². The maximum absolute atomic E-state index is 4.36. The summed E-state index contributed by atoms with van der Waals surface area (Å²) in [5.74, 6) is 1.14. The highest BCUT2D eigenvalue weighted by atomic mass is 15.0. The molecule has 1 aromatic heterocycles. The van der Waals surface area contributed by atoms with Gasteiger partial charge in [-0.05, 0) is 42.9 Å². The molecule has 1 atom stereocenters. The van der Waals surface area contributed by atoms with E-state index in [-0.39, 0.29) is 0 Å². The van der Waals surface area contributed by atoms with Gasteiger partial charge in [0.05, 0.1) is 0 Å². The Balaban J connectivity index is 1.56. The predicted molar refractivity (Wildman–Crippen MR) is 81.8 cm³/mol. The smallest absolute Gasteiger partial charge is 0.109 e. The summed E-state index contributed by atoms with van der Waals surface area (Å²) in [6.45, 7) is 3.21. The van der Waals surface area contributed by atoms with Gasteiger partial charge in [-0.15, -0.1) is 0 Å². The maximum atomic E-state index is 4.36. The second kappa shape index (κ2) is 5.80. The number of imidazole rings is 1. The molecule has 1 aliphatic rings. The second-order valence-corrected chi connectivity index (χ2v) is 5.76. The SMILES string of the molecule is CC(NCCc1nccn1C)c1ccc2c(c1)CCC2. The van der Waals surface area contributed by atoms with E-state index in [0.29, 0.717) is 6.04 Å². The molecule has 1 unspecified atom stereocenters. The first-order chi connectivity index (χ1) is 9.74. The van der Waals surface area contributed by atoms with E-state index in [2.05, 4.69) is 40.0 Å². The topological polar surface area (TPSA) is 29.9 Å². The molecule has 0 aliphatic heterocycles. The van der Waals surface area contributed by atoms with Crippen LogP contribution in [-0.2, 0) is 26.3 Å². The first-order valence-corrected chi connectivity index (χ1v) is 7.55. The van der Waals surface area contributed by atoms with Crippen molar-refractivity contribution in [1.82, 2.24) is 14.9 Å². The molecule has 0 spiro atoms. The molecule has 3 nitrogen and oxygen atoms in total. The fourth-order valence-corrected chi connectivity index (χ4v) is 3.02. The number of nitrogens with one attached hydrogen (secondary N) is 1. The van der Waals surface area contributed by atoms with E-state index in [9.17, 15) is 0 Å². The van der Waals surface area contributed by atoms with Crippen molar-refractivity contribution < 1.29 is 0 Å². The molecule has 0 saturated heterocycles. The summed E-state index contributed by atoms with van der Waals surface area (Å²) in [7, 11) is 2.05. The Morgan fingerprint density at radius 1 is 1.30 bits per heavy atom. The first-order valence-electron chi connectivity index (χ1n) is 7.55. The Hall–Kier alpha value is -1.61. The molecule has 3 heteroatoms. The van der Waals surface area contributed by atoms with E-state index in [0.717, 1.165) is 18.8 Å². The Labute approximate surface area is 121 Å². The van der Waals surface area contributed by atoms with Crippen LogP contribution in [-0.4, -0.2) is 16.1 Å². The van der Waals surface area contributed by atoms with Gasteiger partial charge in [0.25, 0.3) is 0 Å². The second-order valence-electron chi connectivity index (χ2n) is 5.76. The number of aryl methyl sites for hydroxylation is 3. The van der Waals surface area contributed by atoms with Crippen molar-refractivity contribution >= 4 is 0 Å². The molecule has 1 N–H and O–H groups in total. The molecule has 0 radical (unpaired) electrons. The van der Waals surface area contributed by atoms with Gasteiger partial charge < -0.3 is 9.88 Å². The Morgan fingerprint density at radius 2 is 2.15 bits per heavy atom. The summed E-state index contributed by atoms with van der Waals surface area (Å²) in [4.78, 5) is 4.36. The van der Waals surface area contributed by atoms with Gasteiger partial charge in [-0.25, -0.2) is 4.98 Å². The van der Waals surface area contributed by atoms with Crippen LogP contribution < -0.4 is 5.32 Å². The molecule has 0 amide bonds. The van der Waals surface area contributed by atoms with Crippen molar-refractivity contribution in [2.24, 2.45) is 7.05 Å². The number of rotatable bonds is 5. The lowest BCUT2D eigenvalue weighted by molar-refractivity contribution is 0.564. The third-order valence-electron chi connectivity index (χ3n) is 4.34. The van der Waals surface area contributed by atoms with Crippen molar-refractivity contribution in [1.29, 1.82) is 0 Å². The number of hydrogen-bond donors (Lipinski definition) is 1. The maximum Gasteiger partial charge on any atom is 0.109 e. The summed E-state index contributed by atoms with van der Waals surface area (Å²) in [6.07, 6.45) is 8.66. The van der Waals surface area contributed by atoms with Crippen LogP contribution in [0.3, 0.4) is 0 Å². The van der Waals surface area contributed by atoms with Crippen LogP contribution in [0.5, 0.6) is 0 Å². The van der Waals surface area contributed by atoms with Gasteiger partial charge in [-0.2, -0.15) is 0 Å². The summed E-state index contributed by atoms with van der Waals surface area (Å²) in [5.41, 5.74) is 4.51. The van der Waals surface area contributed by atoms with Gasteiger partial charge in [0, 0.05) is 38.4 Å². The zero-order valence-electron chi connectivity index (χ0n) is 12.4. The summed E-state index contributed by atoms with van der Waals surface area (Å²) >= 11 is 0. The van der Waals surface area contributed by atoms with Gasteiger partial charge in [0.15, 0.2) is 0 Å². The number of benzene rings is 1. The first kappa shape index (κ1) is 13.4. The van der Waals surface area contributed by atoms with Gasteiger partial charge in [-0.3, -0.25) is 0 Å². The third kappa shape index (κ3) is 2.78. The van der Waals surface area contributed by atoms with Crippen LogP contribution in [0.4, 0.5) is 0 Å². The predicted octanol–water partition coefficient (Wildman–Crippen LogP) is 2.80. The van der Waals surface area contributed by atoms with E-state index >= 15 is 0 Å². The molecular weight excluding hydrogens is 246 g/mol. The molecule has 106 valence electrons. The minimum Gasteiger partial charge on any atom is -0.338 e. The third-order valence-corrected chi connectivity index (χ3v) is 4.34. The minimum atomic E-state index is 0.404. The van der Waals surface area contributed by atoms with Crippen LogP contribution in [0.15, 0.2) is 30.6 Å². The van der Waals surface area contributed by atoms with Crippen LogP contribution in [0, 0.1) is 0 Å². The average molecular weight is 269 g/mol. The quantitative estimate of drug-likeness (QED) is 0.904. The van der Waals surface area contributed by atoms with Crippen LogP contribution in [0.25, 0.3) is 0 Å². The Morgan fingerprint density at radius 3 is 2.95 bits per heavy atom. The van der Waals surface area contributed by atoms with E-state index in [1.807, 2.05) is 19.4 Å². The molecule has 1 aromatic carbocycles. The van der Waals surface area contributed by atoms with Crippen molar-refractivity contribution in [2.45, 2.75) is 38.6 Å². The summed E-state index contributed by atoms with van der Waals surface area (Å²) in [5, 5.41) is 3.60. The van der Waals surface area contributed by atoms with Crippen molar-refractivity contribution in [3.8, 4) is 0 Å². The molecule has 1 aliphatic carbocycles. The number of nitrogens with zero attached hydrogens (tertiary/aromatic N) is 2. The summed E-state index contributed by atoms with van der Waals surface area (Å²) in [6, 6.07) is 7.39. The minimum absolute atomic E-state index is 0.404. The van der Waals surface area contributed by atoms with Crippen LogP contribution >= 0.6 is 0 Å². The molecule has 20 heavy (non-hydrogen) atoms. The molecular formula is C17H23N3. The highest BCUT2D eigenvalue weighted by Crippen LogP contribution is 2.25. The number of fused-ring (bicyclic) bond motifs is 1. The number of aromatic nitrogens is 2. The fraction of sp³-hybridized carbons (Fsp3) is 0.471. The molecule has 0 bridgehead atoms. The molecule has 2 aromatic rings. The lowest BCUT2D eigenvalue weighted by Crippen LogP contribution is -2.22. The van der Waals surface area contributed by atoms with Crippen molar-refractivity contribution in [3.05, 3.63) is 53.1 Å². The van der Waals surface area contributed by atoms with Gasteiger partial charge >= 0.3 is 0 Å². The zero-order chi connectivity index (χ0) is 13.9. The van der Waals surface area contributed by atoms with Crippen molar-refractivity contribution in [3.63, 3.8) is 0 Å². The van der Waals surface area contributed by atoms with E-state index in [4.69, 9.17) is 0 Å². The Kier molecular flexibility index (Phi) is 3.88. The van der Waals surface area contributed by atoms with Crippen LogP contribution in [0.1, 0.15) is 41.9 Å². The van der Waals surface area contributed by atoms with E-state index < -0.39 is 0 Å².